The highest BCUT2D eigenvalue weighted by molar-refractivity contribution is 5.88. The molecule has 13 heteroatoms. The standard InChI is InChI=1S/C38H46F4N4O5/c1-50-29-8-3-24(4-9-29)33-22-46(28-6-10-30(51-2)11-7-28)23-37(33,39)36(49)45-20-26(13-16-43)32(21-45)31-12-5-27(38(40,41)42)19-34(31)44-17-14-25(15-18-44)35(47)48/h3-5,8-9,12,19,25-26,28,30,32-33H,6-7,10-11,13-15,17-18,20-23H2,1-2H3,(H,47,48)/t26-,28?,30?,32-,33-,37-/m0/s1. The highest BCUT2D eigenvalue weighted by atomic mass is 19.4. The van der Waals surface area contributed by atoms with Gasteiger partial charge in [-0.3, -0.25) is 14.5 Å². The van der Waals surface area contributed by atoms with Crippen LogP contribution < -0.4 is 9.64 Å². The first-order valence-corrected chi connectivity index (χ1v) is 17.8. The van der Waals surface area contributed by atoms with Crippen molar-refractivity contribution in [2.24, 2.45) is 11.8 Å². The molecule has 1 saturated carbocycles. The zero-order valence-electron chi connectivity index (χ0n) is 29.1. The lowest BCUT2D eigenvalue weighted by Crippen LogP contribution is -2.50. The topological polar surface area (TPSA) is 106 Å². The van der Waals surface area contributed by atoms with Crippen LogP contribution in [-0.2, 0) is 20.5 Å². The molecule has 0 aromatic heterocycles. The molecule has 0 spiro atoms. The average Bonchev–Trinajstić information content (AvgIpc) is 3.72. The van der Waals surface area contributed by atoms with E-state index in [9.17, 15) is 33.1 Å². The fourth-order valence-electron chi connectivity index (χ4n) is 8.85. The summed E-state index contributed by atoms with van der Waals surface area (Å²) in [7, 11) is 3.25. The number of anilines is 1. The third-order valence-corrected chi connectivity index (χ3v) is 11.8. The Morgan fingerprint density at radius 2 is 1.67 bits per heavy atom. The number of nitrogens with zero attached hydrogens (tertiary/aromatic N) is 4. The molecule has 4 atom stereocenters. The molecular weight excluding hydrogens is 668 g/mol. The summed E-state index contributed by atoms with van der Waals surface area (Å²) in [4.78, 5) is 31.5. The number of carbonyl (C=O) groups excluding carboxylic acids is 1. The number of rotatable bonds is 9. The molecule has 3 saturated heterocycles. The van der Waals surface area contributed by atoms with Crippen LogP contribution in [0.15, 0.2) is 42.5 Å². The van der Waals surface area contributed by atoms with Crippen LogP contribution in [0, 0.1) is 23.2 Å². The van der Waals surface area contributed by atoms with Crippen molar-refractivity contribution >= 4 is 17.6 Å². The molecule has 3 aliphatic heterocycles. The van der Waals surface area contributed by atoms with Crippen molar-refractivity contribution in [1.82, 2.24) is 9.80 Å². The number of carbonyl (C=O) groups is 2. The summed E-state index contributed by atoms with van der Waals surface area (Å²) in [5.41, 5.74) is -1.56. The molecule has 0 radical (unpaired) electrons. The van der Waals surface area contributed by atoms with E-state index in [0.29, 0.717) is 29.1 Å². The van der Waals surface area contributed by atoms with Gasteiger partial charge >= 0.3 is 12.1 Å². The van der Waals surface area contributed by atoms with E-state index in [4.69, 9.17) is 9.47 Å². The molecule has 2 aromatic rings. The first-order chi connectivity index (χ1) is 24.4. The van der Waals surface area contributed by atoms with Crippen molar-refractivity contribution in [3.63, 3.8) is 0 Å². The van der Waals surface area contributed by atoms with Gasteiger partial charge in [-0.25, -0.2) is 4.39 Å². The Morgan fingerprint density at radius 1 is 0.980 bits per heavy atom. The van der Waals surface area contributed by atoms with Crippen LogP contribution in [0.5, 0.6) is 5.75 Å². The van der Waals surface area contributed by atoms with Gasteiger partial charge < -0.3 is 24.4 Å². The molecule has 4 aliphatic rings. The summed E-state index contributed by atoms with van der Waals surface area (Å²) in [5, 5.41) is 19.3. The van der Waals surface area contributed by atoms with Crippen molar-refractivity contribution in [2.45, 2.75) is 80.8 Å². The van der Waals surface area contributed by atoms with Crippen LogP contribution in [0.1, 0.15) is 73.5 Å². The van der Waals surface area contributed by atoms with Gasteiger partial charge in [0.25, 0.3) is 5.91 Å². The molecule has 1 amide bonds. The molecule has 51 heavy (non-hydrogen) atoms. The van der Waals surface area contributed by atoms with Crippen molar-refractivity contribution in [3.05, 3.63) is 59.2 Å². The second-order valence-electron chi connectivity index (χ2n) is 14.6. The second kappa shape index (κ2) is 15.0. The number of carboxylic acids is 1. The number of likely N-dealkylation sites (tertiary alicyclic amines) is 2. The van der Waals surface area contributed by atoms with Gasteiger partial charge in [0.1, 0.15) is 5.75 Å². The Balaban J connectivity index is 1.31. The van der Waals surface area contributed by atoms with E-state index in [-0.39, 0.29) is 64.1 Å². The zero-order valence-corrected chi connectivity index (χ0v) is 29.1. The smallest absolute Gasteiger partial charge is 0.416 e. The number of methoxy groups -OCH3 is 2. The van der Waals surface area contributed by atoms with E-state index < -0.39 is 53.0 Å². The number of ether oxygens (including phenoxy) is 2. The van der Waals surface area contributed by atoms with Crippen molar-refractivity contribution in [1.29, 1.82) is 5.26 Å². The van der Waals surface area contributed by atoms with Gasteiger partial charge in [0.2, 0.25) is 5.67 Å². The summed E-state index contributed by atoms with van der Waals surface area (Å²) in [6, 6.07) is 12.9. The Kier molecular flexibility index (Phi) is 10.8. The van der Waals surface area contributed by atoms with Gasteiger partial charge in [0.05, 0.1) is 30.8 Å². The molecule has 1 aliphatic carbocycles. The summed E-state index contributed by atoms with van der Waals surface area (Å²) in [5.74, 6) is -3.28. The number of carboxylic acid groups (broad SMARTS) is 1. The Hall–Kier alpha value is -3.89. The molecule has 4 fully saturated rings. The predicted octanol–water partition coefficient (Wildman–Crippen LogP) is 6.24. The first kappa shape index (κ1) is 36.9. The van der Waals surface area contributed by atoms with E-state index >= 15 is 4.39 Å². The van der Waals surface area contributed by atoms with Crippen LogP contribution >= 0.6 is 0 Å². The van der Waals surface area contributed by atoms with E-state index in [1.165, 1.54) is 11.0 Å². The average molecular weight is 715 g/mol. The Morgan fingerprint density at radius 3 is 2.25 bits per heavy atom. The van der Waals surface area contributed by atoms with Crippen LogP contribution in [0.2, 0.25) is 0 Å². The fraction of sp³-hybridized carbons (Fsp3) is 0.605. The largest absolute Gasteiger partial charge is 0.497 e. The summed E-state index contributed by atoms with van der Waals surface area (Å²) >= 11 is 0. The van der Waals surface area contributed by atoms with E-state index in [2.05, 4.69) is 11.0 Å². The lowest BCUT2D eigenvalue weighted by atomic mass is 9.84. The van der Waals surface area contributed by atoms with Gasteiger partial charge in [0, 0.05) is 76.4 Å². The van der Waals surface area contributed by atoms with E-state index in [1.807, 2.05) is 0 Å². The molecule has 2 aromatic carbocycles. The number of piperidine rings is 1. The third-order valence-electron chi connectivity index (χ3n) is 11.8. The number of hydrogen-bond donors (Lipinski definition) is 1. The maximum absolute atomic E-state index is 17.8. The number of aliphatic carboxylic acids is 1. The maximum atomic E-state index is 17.8. The number of amides is 1. The van der Waals surface area contributed by atoms with Gasteiger partial charge in [-0.05, 0) is 79.8 Å². The number of benzene rings is 2. The quantitative estimate of drug-likeness (QED) is 0.305. The van der Waals surface area contributed by atoms with Gasteiger partial charge in [-0.1, -0.05) is 18.2 Å². The highest BCUT2D eigenvalue weighted by Gasteiger charge is 2.57. The van der Waals surface area contributed by atoms with Crippen molar-refractivity contribution in [2.75, 3.05) is 58.4 Å². The lowest BCUT2D eigenvalue weighted by Gasteiger charge is -2.35. The van der Waals surface area contributed by atoms with E-state index in [1.54, 1.807) is 43.4 Å². The molecule has 276 valence electrons. The minimum Gasteiger partial charge on any atom is -0.497 e. The van der Waals surface area contributed by atoms with Gasteiger partial charge in [-0.2, -0.15) is 18.4 Å². The first-order valence-electron chi connectivity index (χ1n) is 17.8. The lowest BCUT2D eigenvalue weighted by molar-refractivity contribution is -0.143. The van der Waals surface area contributed by atoms with E-state index in [0.717, 1.165) is 37.8 Å². The highest BCUT2D eigenvalue weighted by Crippen LogP contribution is 2.47. The molecular formula is C38H46F4N4O5. The molecule has 9 nitrogen and oxygen atoms in total. The Labute approximate surface area is 296 Å². The number of halogens is 4. The molecule has 1 N–H and O–H groups in total. The van der Waals surface area contributed by atoms with Crippen LogP contribution in [-0.4, -0.2) is 98.1 Å². The summed E-state index contributed by atoms with van der Waals surface area (Å²) in [6.07, 6.45) is -0.489. The summed E-state index contributed by atoms with van der Waals surface area (Å²) in [6.45, 7) is 0.920. The minimum absolute atomic E-state index is 0.0338. The number of nitriles is 1. The minimum atomic E-state index is -4.61. The molecule has 0 bridgehead atoms. The monoisotopic (exact) mass is 714 g/mol. The maximum Gasteiger partial charge on any atom is 0.416 e. The van der Waals surface area contributed by atoms with Crippen LogP contribution in [0.25, 0.3) is 0 Å². The third kappa shape index (κ3) is 7.54. The molecule has 0 unspecified atom stereocenters. The van der Waals surface area contributed by atoms with Gasteiger partial charge in [0.15, 0.2) is 0 Å². The number of alkyl halides is 4. The SMILES string of the molecule is COc1ccc([C@@H]2CN(C3CCC(OC)CC3)C[C@@]2(F)C(=O)N2C[C@H](CC#N)[C@@H](c3ccc(C(F)(F)F)cc3N3CCC(C(=O)O)CC3)C2)cc1. The predicted molar refractivity (Wildman–Crippen MR) is 181 cm³/mol. The van der Waals surface area contributed by atoms with Crippen LogP contribution in [0.3, 0.4) is 0 Å². The van der Waals surface area contributed by atoms with Crippen molar-refractivity contribution < 1.29 is 41.7 Å². The second-order valence-corrected chi connectivity index (χ2v) is 14.6. The molecule has 6 rings (SSSR count). The normalized spacial score (nSPS) is 29.2. The van der Waals surface area contributed by atoms with Gasteiger partial charge in [-0.15, -0.1) is 0 Å². The van der Waals surface area contributed by atoms with Crippen LogP contribution in [0.4, 0.5) is 23.2 Å². The number of hydrogen-bond acceptors (Lipinski definition) is 7. The van der Waals surface area contributed by atoms with Crippen molar-refractivity contribution in [3.8, 4) is 11.8 Å². The Bertz CT molecular complexity index is 1600. The zero-order chi connectivity index (χ0) is 36.5. The summed E-state index contributed by atoms with van der Waals surface area (Å²) < 4.78 is 70.6. The fourth-order valence-corrected chi connectivity index (χ4v) is 8.85. The molecule has 3 heterocycles.